The van der Waals surface area contributed by atoms with Gasteiger partial charge < -0.3 is 4.90 Å². The topological polar surface area (TPSA) is 39.4 Å². The molecule has 66 valence electrons. The van der Waals surface area contributed by atoms with Crippen molar-refractivity contribution in [1.29, 1.82) is 5.26 Å². The fourth-order valence-corrected chi connectivity index (χ4v) is 1.81. The minimum atomic E-state index is 0.615. The maximum absolute atomic E-state index is 8.41. The molecule has 0 bridgehead atoms. The molecule has 3 nitrogen and oxygen atoms in total. The Bertz CT molecular complexity index is 215. The van der Waals surface area contributed by atoms with Crippen LogP contribution >= 0.6 is 11.8 Å². The van der Waals surface area contributed by atoms with E-state index in [1.165, 1.54) is 31.0 Å². The molecule has 1 saturated carbocycles. The highest BCUT2D eigenvalue weighted by molar-refractivity contribution is 8.13. The molecule has 1 aliphatic carbocycles. The van der Waals surface area contributed by atoms with Crippen LogP contribution in [0.4, 0.5) is 0 Å². The van der Waals surface area contributed by atoms with Crippen LogP contribution in [0.2, 0.25) is 0 Å². The van der Waals surface area contributed by atoms with E-state index in [4.69, 9.17) is 5.26 Å². The van der Waals surface area contributed by atoms with E-state index in [1.807, 2.05) is 19.5 Å². The summed E-state index contributed by atoms with van der Waals surface area (Å²) in [6.07, 6.45) is 7.56. The third-order valence-corrected chi connectivity index (χ3v) is 3.00. The zero-order valence-electron chi connectivity index (χ0n) is 7.45. The number of hydrogen-bond donors (Lipinski definition) is 0. The fourth-order valence-electron chi connectivity index (χ4n) is 1.24. The van der Waals surface area contributed by atoms with Gasteiger partial charge in [-0.15, -0.1) is 4.99 Å². The molecule has 0 unspecified atom stereocenters. The van der Waals surface area contributed by atoms with Crippen molar-refractivity contribution in [3.63, 3.8) is 0 Å². The number of aliphatic imine (C=N–C) groups is 1. The van der Waals surface area contributed by atoms with E-state index < -0.39 is 0 Å². The van der Waals surface area contributed by atoms with Gasteiger partial charge in [-0.1, -0.05) is 11.8 Å². The van der Waals surface area contributed by atoms with Crippen LogP contribution in [0.5, 0.6) is 0 Å². The Kier molecular flexibility index (Phi) is 3.42. The van der Waals surface area contributed by atoms with Gasteiger partial charge in [0.1, 0.15) is 0 Å². The molecule has 0 heterocycles. The maximum atomic E-state index is 8.41. The second-order valence-electron chi connectivity index (χ2n) is 2.89. The molecule has 0 atom stereocenters. The minimum absolute atomic E-state index is 0.615. The van der Waals surface area contributed by atoms with E-state index in [0.717, 1.165) is 5.17 Å². The number of rotatable bonds is 1. The second-order valence-corrected chi connectivity index (χ2v) is 3.67. The summed E-state index contributed by atoms with van der Waals surface area (Å²) < 4.78 is 0. The molecule has 1 rings (SSSR count). The molecule has 1 fully saturated rings. The molecule has 1 aliphatic rings. The van der Waals surface area contributed by atoms with Gasteiger partial charge in [-0.05, 0) is 25.5 Å². The van der Waals surface area contributed by atoms with E-state index in [-0.39, 0.29) is 0 Å². The van der Waals surface area contributed by atoms with Crippen LogP contribution in [-0.2, 0) is 0 Å². The van der Waals surface area contributed by atoms with E-state index in [2.05, 4.69) is 9.89 Å². The van der Waals surface area contributed by atoms with Crippen LogP contribution in [-0.4, -0.2) is 29.4 Å². The zero-order valence-corrected chi connectivity index (χ0v) is 8.27. The average Bonchev–Trinajstić information content (AvgIpc) is 1.96. The summed E-state index contributed by atoms with van der Waals surface area (Å²) >= 11 is 1.53. The lowest BCUT2D eigenvalue weighted by Gasteiger charge is -2.35. The quantitative estimate of drug-likeness (QED) is 0.352. The van der Waals surface area contributed by atoms with Gasteiger partial charge in [0.15, 0.2) is 5.17 Å². The van der Waals surface area contributed by atoms with Crippen molar-refractivity contribution in [2.75, 3.05) is 13.3 Å². The van der Waals surface area contributed by atoms with Crippen molar-refractivity contribution in [3.05, 3.63) is 0 Å². The van der Waals surface area contributed by atoms with Gasteiger partial charge >= 0.3 is 0 Å². The van der Waals surface area contributed by atoms with Crippen LogP contribution in [0.3, 0.4) is 0 Å². The lowest BCUT2D eigenvalue weighted by Crippen LogP contribution is -2.39. The van der Waals surface area contributed by atoms with Crippen LogP contribution in [0.1, 0.15) is 19.3 Å². The third-order valence-electron chi connectivity index (χ3n) is 2.25. The molecule has 12 heavy (non-hydrogen) atoms. The predicted octanol–water partition coefficient (Wildman–Crippen LogP) is 1.67. The third kappa shape index (κ3) is 1.92. The number of hydrogen-bond acceptors (Lipinski definition) is 3. The molecule has 0 saturated heterocycles. The number of nitriles is 1. The molecule has 0 aromatic rings. The molecule has 0 aliphatic heterocycles. The summed E-state index contributed by atoms with van der Waals surface area (Å²) in [5.41, 5.74) is 0. The Morgan fingerprint density at radius 3 is 2.67 bits per heavy atom. The Balaban J connectivity index is 2.53. The van der Waals surface area contributed by atoms with Gasteiger partial charge in [0, 0.05) is 13.1 Å². The van der Waals surface area contributed by atoms with Gasteiger partial charge in [0.05, 0.1) is 0 Å². The minimum Gasteiger partial charge on any atom is -0.351 e. The van der Waals surface area contributed by atoms with Gasteiger partial charge in [0.2, 0.25) is 6.19 Å². The molecule has 0 radical (unpaired) electrons. The highest BCUT2D eigenvalue weighted by Gasteiger charge is 2.23. The highest BCUT2D eigenvalue weighted by atomic mass is 32.2. The first-order valence-electron chi connectivity index (χ1n) is 4.03. The molecule has 0 spiro atoms. The average molecular weight is 183 g/mol. The Labute approximate surface area is 77.5 Å². The van der Waals surface area contributed by atoms with Gasteiger partial charge in [0.25, 0.3) is 0 Å². The van der Waals surface area contributed by atoms with Crippen molar-refractivity contribution in [1.82, 2.24) is 4.90 Å². The van der Waals surface area contributed by atoms with Crippen molar-refractivity contribution in [2.24, 2.45) is 4.99 Å². The summed E-state index contributed by atoms with van der Waals surface area (Å²) in [5.74, 6) is 0. The standard InChI is InChI=1S/C8H13N3S/c1-11(7-4-3-5-7)8(12-2)10-6-9/h7H,3-5H2,1-2H3. The zero-order chi connectivity index (χ0) is 8.97. The highest BCUT2D eigenvalue weighted by Crippen LogP contribution is 2.25. The first-order chi connectivity index (χ1) is 5.79. The smallest absolute Gasteiger partial charge is 0.208 e. The van der Waals surface area contributed by atoms with Crippen LogP contribution in [0, 0.1) is 11.5 Å². The second kappa shape index (κ2) is 4.36. The summed E-state index contributed by atoms with van der Waals surface area (Å²) in [7, 11) is 2.01. The van der Waals surface area contributed by atoms with Crippen molar-refractivity contribution < 1.29 is 0 Å². The van der Waals surface area contributed by atoms with Gasteiger partial charge in [-0.2, -0.15) is 5.26 Å². The SMILES string of the molecule is CSC(=NC#N)N(C)C1CCC1. The maximum Gasteiger partial charge on any atom is 0.208 e. The van der Waals surface area contributed by atoms with Crippen molar-refractivity contribution >= 4 is 16.9 Å². The number of thioether (sulfide) groups is 1. The molecular formula is C8H13N3S. The fraction of sp³-hybridized carbons (Fsp3) is 0.750. The van der Waals surface area contributed by atoms with E-state index in [0.29, 0.717) is 6.04 Å². The molecule has 0 aromatic heterocycles. The predicted molar refractivity (Wildman–Crippen MR) is 52.0 cm³/mol. The van der Waals surface area contributed by atoms with Gasteiger partial charge in [-0.3, -0.25) is 0 Å². The Morgan fingerprint density at radius 2 is 2.33 bits per heavy atom. The van der Waals surface area contributed by atoms with E-state index in [1.54, 1.807) is 0 Å². The Hall–Kier alpha value is -0.690. The summed E-state index contributed by atoms with van der Waals surface area (Å²) in [6.45, 7) is 0. The van der Waals surface area contributed by atoms with E-state index in [9.17, 15) is 0 Å². The van der Waals surface area contributed by atoms with Crippen LogP contribution in [0.25, 0.3) is 0 Å². The first-order valence-corrected chi connectivity index (χ1v) is 5.25. The lowest BCUT2D eigenvalue weighted by molar-refractivity contribution is 0.244. The number of nitrogens with zero attached hydrogens (tertiary/aromatic N) is 3. The molecule has 0 N–H and O–H groups in total. The summed E-state index contributed by atoms with van der Waals surface area (Å²) in [6, 6.07) is 0.615. The van der Waals surface area contributed by atoms with Crippen LogP contribution < -0.4 is 0 Å². The summed E-state index contributed by atoms with van der Waals surface area (Å²) in [4.78, 5) is 5.87. The summed E-state index contributed by atoms with van der Waals surface area (Å²) in [5, 5.41) is 9.25. The van der Waals surface area contributed by atoms with Crippen molar-refractivity contribution in [3.8, 4) is 6.19 Å². The monoisotopic (exact) mass is 183 g/mol. The number of amidine groups is 1. The molecule has 0 aromatic carbocycles. The van der Waals surface area contributed by atoms with Gasteiger partial charge in [-0.25, -0.2) is 0 Å². The Morgan fingerprint density at radius 1 is 1.67 bits per heavy atom. The normalized spacial score (nSPS) is 18.2. The first kappa shape index (κ1) is 9.40. The van der Waals surface area contributed by atoms with E-state index >= 15 is 0 Å². The lowest BCUT2D eigenvalue weighted by atomic mass is 9.92. The molecular weight excluding hydrogens is 170 g/mol. The molecule has 0 amide bonds. The van der Waals surface area contributed by atoms with Crippen molar-refractivity contribution in [2.45, 2.75) is 25.3 Å². The molecule has 4 heteroatoms. The largest absolute Gasteiger partial charge is 0.351 e. The van der Waals surface area contributed by atoms with Crippen LogP contribution in [0.15, 0.2) is 4.99 Å².